The summed E-state index contributed by atoms with van der Waals surface area (Å²) in [5.74, 6) is 0.140. The van der Waals surface area contributed by atoms with Crippen LogP contribution in [-0.4, -0.2) is 79.7 Å². The molecule has 0 aliphatic carbocycles. The first-order valence-electron chi connectivity index (χ1n) is 10.9. The van der Waals surface area contributed by atoms with Gasteiger partial charge in [0, 0.05) is 50.9 Å². The van der Waals surface area contributed by atoms with Crippen LogP contribution in [0.4, 0.5) is 0 Å². The number of aliphatic hydroxyl groups excluding tert-OH is 1. The van der Waals surface area contributed by atoms with Gasteiger partial charge in [-0.15, -0.1) is 5.10 Å². The number of aliphatic hydroxyl groups is 1. The van der Waals surface area contributed by atoms with Crippen molar-refractivity contribution < 1.29 is 14.6 Å². The predicted molar refractivity (Wildman–Crippen MR) is 116 cm³/mol. The van der Waals surface area contributed by atoms with Crippen LogP contribution in [0.5, 0.6) is 0 Å². The molecule has 31 heavy (non-hydrogen) atoms. The standard InChI is InChI=1S/C22H34N6O3/c1-17-12-27(18(2)15-29)22(30)5-4-10-28-20(11-24-25-28)16-31-21(17)14-26(3)13-19-6-8-23-9-7-19/h6-9,11,17-18,21,29H,4-5,10,12-16H2,1-3H3/t17-,18-,21-/m0/s1. The van der Waals surface area contributed by atoms with Gasteiger partial charge in [0.15, 0.2) is 0 Å². The maximum Gasteiger partial charge on any atom is 0.222 e. The van der Waals surface area contributed by atoms with Crippen LogP contribution in [-0.2, 0) is 29.2 Å². The van der Waals surface area contributed by atoms with Gasteiger partial charge in [0.1, 0.15) is 0 Å². The van der Waals surface area contributed by atoms with Crippen LogP contribution < -0.4 is 0 Å². The lowest BCUT2D eigenvalue weighted by Gasteiger charge is -2.35. The quantitative estimate of drug-likeness (QED) is 0.738. The number of fused-ring (bicyclic) bond motifs is 1. The summed E-state index contributed by atoms with van der Waals surface area (Å²) in [4.78, 5) is 21.0. The Morgan fingerprint density at radius 3 is 2.87 bits per heavy atom. The second-order valence-corrected chi connectivity index (χ2v) is 8.51. The molecule has 0 saturated carbocycles. The van der Waals surface area contributed by atoms with Crippen molar-refractivity contribution in [2.45, 2.75) is 58.5 Å². The Balaban J connectivity index is 1.77. The fourth-order valence-electron chi connectivity index (χ4n) is 3.92. The molecule has 0 fully saturated rings. The molecular formula is C22H34N6O3. The van der Waals surface area contributed by atoms with Gasteiger partial charge < -0.3 is 14.7 Å². The lowest BCUT2D eigenvalue weighted by atomic mass is 10.0. The molecule has 9 nitrogen and oxygen atoms in total. The van der Waals surface area contributed by atoms with Crippen molar-refractivity contribution in [2.75, 3.05) is 26.7 Å². The van der Waals surface area contributed by atoms with E-state index in [2.05, 4.69) is 34.2 Å². The molecule has 170 valence electrons. The third kappa shape index (κ3) is 6.56. The molecule has 3 atom stereocenters. The first-order valence-corrected chi connectivity index (χ1v) is 10.9. The third-order valence-electron chi connectivity index (χ3n) is 5.83. The van der Waals surface area contributed by atoms with Crippen molar-refractivity contribution in [3.05, 3.63) is 42.0 Å². The van der Waals surface area contributed by atoms with Gasteiger partial charge in [0.2, 0.25) is 5.91 Å². The largest absolute Gasteiger partial charge is 0.394 e. The number of nitrogens with zero attached hydrogens (tertiary/aromatic N) is 6. The van der Waals surface area contributed by atoms with Crippen molar-refractivity contribution in [2.24, 2.45) is 5.92 Å². The Morgan fingerprint density at radius 1 is 1.35 bits per heavy atom. The van der Waals surface area contributed by atoms with Crippen molar-refractivity contribution in [3.8, 4) is 0 Å². The minimum atomic E-state index is -0.227. The summed E-state index contributed by atoms with van der Waals surface area (Å²) in [5.41, 5.74) is 2.11. The van der Waals surface area contributed by atoms with E-state index in [4.69, 9.17) is 4.74 Å². The van der Waals surface area contributed by atoms with Crippen LogP contribution in [0.25, 0.3) is 0 Å². The van der Waals surface area contributed by atoms with Gasteiger partial charge in [0.25, 0.3) is 0 Å². The number of carbonyl (C=O) groups excluding carboxylic acids is 1. The Morgan fingerprint density at radius 2 is 2.13 bits per heavy atom. The average molecular weight is 431 g/mol. The first-order chi connectivity index (χ1) is 15.0. The topological polar surface area (TPSA) is 96.6 Å². The van der Waals surface area contributed by atoms with Gasteiger partial charge >= 0.3 is 0 Å². The van der Waals surface area contributed by atoms with Crippen LogP contribution in [0.1, 0.15) is 37.9 Å². The molecule has 3 heterocycles. The number of likely N-dealkylation sites (N-methyl/N-ethyl adjacent to an activating group) is 1. The van der Waals surface area contributed by atoms with Gasteiger partial charge in [-0.1, -0.05) is 12.1 Å². The highest BCUT2D eigenvalue weighted by Gasteiger charge is 2.28. The summed E-state index contributed by atoms with van der Waals surface area (Å²) in [6, 6.07) is 3.79. The lowest BCUT2D eigenvalue weighted by molar-refractivity contribution is -0.136. The average Bonchev–Trinajstić information content (AvgIpc) is 3.21. The van der Waals surface area contributed by atoms with Gasteiger partial charge in [0.05, 0.1) is 37.3 Å². The van der Waals surface area contributed by atoms with E-state index in [1.54, 1.807) is 23.5 Å². The molecule has 0 saturated heterocycles. The Bertz CT molecular complexity index is 815. The third-order valence-corrected chi connectivity index (χ3v) is 5.83. The van der Waals surface area contributed by atoms with Crippen LogP contribution in [0.3, 0.4) is 0 Å². The van der Waals surface area contributed by atoms with Crippen LogP contribution in [0.2, 0.25) is 0 Å². The minimum absolute atomic E-state index is 0.0551. The molecule has 0 aromatic carbocycles. The van der Waals surface area contributed by atoms with Crippen LogP contribution in [0, 0.1) is 5.92 Å². The molecule has 1 aliphatic rings. The van der Waals surface area contributed by atoms with Crippen molar-refractivity contribution in [1.82, 2.24) is 29.8 Å². The van der Waals surface area contributed by atoms with Gasteiger partial charge in [-0.05, 0) is 38.1 Å². The second kappa shape index (κ2) is 11.3. The number of aromatic nitrogens is 4. The number of ether oxygens (including phenoxy) is 1. The smallest absolute Gasteiger partial charge is 0.222 e. The summed E-state index contributed by atoms with van der Waals surface area (Å²) < 4.78 is 8.18. The van der Waals surface area contributed by atoms with E-state index < -0.39 is 0 Å². The molecule has 9 heteroatoms. The highest BCUT2D eigenvalue weighted by molar-refractivity contribution is 5.76. The minimum Gasteiger partial charge on any atom is -0.394 e. The van der Waals surface area contributed by atoms with Crippen molar-refractivity contribution in [1.29, 1.82) is 0 Å². The van der Waals surface area contributed by atoms with Gasteiger partial charge in [-0.3, -0.25) is 14.7 Å². The zero-order valence-electron chi connectivity index (χ0n) is 18.7. The van der Waals surface area contributed by atoms with E-state index in [-0.39, 0.29) is 30.6 Å². The molecule has 0 bridgehead atoms. The monoisotopic (exact) mass is 430 g/mol. The zero-order chi connectivity index (χ0) is 22.2. The highest BCUT2D eigenvalue weighted by Crippen LogP contribution is 2.18. The zero-order valence-corrected chi connectivity index (χ0v) is 18.7. The molecule has 1 amide bonds. The molecule has 2 aromatic heterocycles. The van der Waals surface area contributed by atoms with Gasteiger partial charge in [-0.25, -0.2) is 4.68 Å². The number of aryl methyl sites for hydroxylation is 1. The number of amides is 1. The predicted octanol–water partition coefficient (Wildman–Crippen LogP) is 1.33. The SMILES string of the molecule is C[C@H]1CN([C@@H](C)CO)C(=O)CCCn2nncc2CO[C@H]1CN(C)Cc1ccncc1. The molecule has 1 N–H and O–H groups in total. The lowest BCUT2D eigenvalue weighted by Crippen LogP contribution is -2.47. The number of rotatable bonds is 6. The van der Waals surface area contributed by atoms with Crippen molar-refractivity contribution >= 4 is 5.91 Å². The maximum absolute atomic E-state index is 12.9. The summed E-state index contributed by atoms with van der Waals surface area (Å²) in [6.07, 6.45) is 6.32. The molecule has 0 spiro atoms. The second-order valence-electron chi connectivity index (χ2n) is 8.51. The van der Waals surface area contributed by atoms with Gasteiger partial charge in [-0.2, -0.15) is 0 Å². The molecule has 1 aliphatic heterocycles. The fourth-order valence-corrected chi connectivity index (χ4v) is 3.92. The molecular weight excluding hydrogens is 396 g/mol. The number of hydrogen-bond acceptors (Lipinski definition) is 7. The highest BCUT2D eigenvalue weighted by atomic mass is 16.5. The normalized spacial score (nSPS) is 22.0. The Kier molecular flexibility index (Phi) is 8.51. The number of pyridine rings is 1. The molecule has 2 aromatic rings. The van der Waals surface area contributed by atoms with E-state index in [0.29, 0.717) is 39.1 Å². The van der Waals surface area contributed by atoms with Crippen LogP contribution in [0.15, 0.2) is 30.7 Å². The molecule has 0 radical (unpaired) electrons. The maximum atomic E-state index is 12.9. The summed E-state index contributed by atoms with van der Waals surface area (Å²) in [5, 5.41) is 17.9. The number of carbonyl (C=O) groups is 1. The van der Waals surface area contributed by atoms with Crippen LogP contribution >= 0.6 is 0 Å². The van der Waals surface area contributed by atoms with Crippen molar-refractivity contribution in [3.63, 3.8) is 0 Å². The van der Waals surface area contributed by atoms with E-state index in [1.807, 2.05) is 23.7 Å². The summed E-state index contributed by atoms with van der Waals surface area (Å²) >= 11 is 0. The molecule has 0 unspecified atom stereocenters. The van der Waals surface area contributed by atoms with E-state index in [0.717, 1.165) is 12.2 Å². The molecule has 3 rings (SSSR count). The fraction of sp³-hybridized carbons (Fsp3) is 0.636. The number of hydrogen-bond donors (Lipinski definition) is 1. The Labute approximate surface area is 184 Å². The summed E-state index contributed by atoms with van der Waals surface area (Å²) in [7, 11) is 2.07. The van der Waals surface area contributed by atoms with E-state index >= 15 is 0 Å². The van der Waals surface area contributed by atoms with E-state index in [1.165, 1.54) is 5.56 Å². The van der Waals surface area contributed by atoms with E-state index in [9.17, 15) is 9.90 Å². The first kappa shape index (κ1) is 23.3. The summed E-state index contributed by atoms with van der Waals surface area (Å²) in [6.45, 7) is 7.02. The Hall–Kier alpha value is -2.36.